The maximum Gasteiger partial charge on any atom is 0.140 e. The molecule has 0 radical (unpaired) electrons. The van der Waals surface area contributed by atoms with Crippen LogP contribution in [0.4, 0.5) is 0 Å². The van der Waals surface area contributed by atoms with Crippen molar-refractivity contribution in [2.24, 2.45) is 0 Å². The normalized spacial score (nSPS) is 11.1. The largest absolute Gasteiger partial charge is 0.299 e. The third-order valence-electron chi connectivity index (χ3n) is 6.26. The highest BCUT2D eigenvalue weighted by atomic mass is 16.1. The van der Waals surface area contributed by atoms with Crippen molar-refractivity contribution in [2.45, 2.75) is 168 Å². The van der Waals surface area contributed by atoms with Gasteiger partial charge in [-0.15, -0.1) is 0 Å². The first-order valence-corrected chi connectivity index (χ1v) is 13.7. The molecule has 30 heavy (non-hydrogen) atoms. The SMILES string of the molecule is CCCCCCCCCCCCCCC(=O)CC(=O)CCCCCCCCCCC. The van der Waals surface area contributed by atoms with Crippen molar-refractivity contribution in [3.05, 3.63) is 0 Å². The van der Waals surface area contributed by atoms with E-state index >= 15 is 0 Å². The molecule has 0 fully saturated rings. The molecule has 0 bridgehead atoms. The van der Waals surface area contributed by atoms with Gasteiger partial charge in [0.05, 0.1) is 6.42 Å². The van der Waals surface area contributed by atoms with E-state index in [4.69, 9.17) is 0 Å². The molecule has 0 aromatic carbocycles. The molecule has 0 aromatic heterocycles. The lowest BCUT2D eigenvalue weighted by Gasteiger charge is -2.04. The molecule has 0 aliphatic carbocycles. The van der Waals surface area contributed by atoms with Gasteiger partial charge in [-0.05, 0) is 12.8 Å². The molecule has 2 heteroatoms. The van der Waals surface area contributed by atoms with Gasteiger partial charge < -0.3 is 0 Å². The summed E-state index contributed by atoms with van der Waals surface area (Å²) in [6.07, 6.45) is 28.5. The van der Waals surface area contributed by atoms with E-state index in [0.717, 1.165) is 25.7 Å². The molecule has 178 valence electrons. The van der Waals surface area contributed by atoms with Crippen LogP contribution in [0, 0.1) is 0 Å². The molecule has 0 spiro atoms. The van der Waals surface area contributed by atoms with Crippen LogP contribution in [0.15, 0.2) is 0 Å². The number of carbonyl (C=O) groups is 2. The lowest BCUT2D eigenvalue weighted by atomic mass is 10.0. The molecule has 0 aliphatic rings. The molecule has 0 N–H and O–H groups in total. The number of hydrogen-bond donors (Lipinski definition) is 0. The zero-order valence-corrected chi connectivity index (χ0v) is 20.8. The minimum atomic E-state index is 0.168. The van der Waals surface area contributed by atoms with E-state index in [1.165, 1.54) is 109 Å². The van der Waals surface area contributed by atoms with Gasteiger partial charge in [0.1, 0.15) is 11.6 Å². The number of unbranched alkanes of at least 4 members (excludes halogenated alkanes) is 19. The van der Waals surface area contributed by atoms with Gasteiger partial charge in [-0.2, -0.15) is 0 Å². The van der Waals surface area contributed by atoms with Gasteiger partial charge >= 0.3 is 0 Å². The summed E-state index contributed by atoms with van der Waals surface area (Å²) in [4.78, 5) is 23.9. The zero-order valence-electron chi connectivity index (χ0n) is 20.8. The Morgan fingerprint density at radius 1 is 0.367 bits per heavy atom. The summed E-state index contributed by atoms with van der Waals surface area (Å²) in [7, 11) is 0. The van der Waals surface area contributed by atoms with E-state index in [-0.39, 0.29) is 18.0 Å². The van der Waals surface area contributed by atoms with Crippen molar-refractivity contribution in [1.82, 2.24) is 0 Å². The summed E-state index contributed by atoms with van der Waals surface area (Å²) >= 11 is 0. The van der Waals surface area contributed by atoms with E-state index in [2.05, 4.69) is 13.8 Å². The quantitative estimate of drug-likeness (QED) is 0.108. The standard InChI is InChI=1S/C28H54O2/c1-3-5-7-9-11-13-14-15-17-19-21-23-25-28(30)26-27(29)24-22-20-18-16-12-10-8-6-4-2/h3-26H2,1-2H3. The molecule has 0 heterocycles. The highest BCUT2D eigenvalue weighted by Crippen LogP contribution is 2.14. The number of carbonyl (C=O) groups excluding carboxylic acids is 2. The summed E-state index contributed by atoms with van der Waals surface area (Å²) in [6, 6.07) is 0. The fraction of sp³-hybridized carbons (Fsp3) is 0.929. The molecular formula is C28H54O2. The van der Waals surface area contributed by atoms with Crippen LogP contribution in [-0.2, 0) is 9.59 Å². The average Bonchev–Trinajstić information content (AvgIpc) is 2.73. The average molecular weight is 423 g/mol. The second-order valence-electron chi connectivity index (χ2n) is 9.47. The molecule has 0 aromatic rings. The monoisotopic (exact) mass is 422 g/mol. The number of Topliss-reactive ketones (excluding diaryl/α,β-unsaturated/α-hetero) is 2. The Kier molecular flexibility index (Phi) is 24.1. The van der Waals surface area contributed by atoms with E-state index in [0.29, 0.717) is 12.8 Å². The van der Waals surface area contributed by atoms with Gasteiger partial charge in [0, 0.05) is 12.8 Å². The topological polar surface area (TPSA) is 34.1 Å². The highest BCUT2D eigenvalue weighted by Gasteiger charge is 2.09. The van der Waals surface area contributed by atoms with E-state index in [9.17, 15) is 9.59 Å². The second-order valence-corrected chi connectivity index (χ2v) is 9.47. The zero-order chi connectivity index (χ0) is 22.1. The lowest BCUT2D eigenvalue weighted by molar-refractivity contribution is -0.127. The van der Waals surface area contributed by atoms with Crippen molar-refractivity contribution in [3.8, 4) is 0 Å². The minimum Gasteiger partial charge on any atom is -0.299 e. The summed E-state index contributed by atoms with van der Waals surface area (Å²) in [5.74, 6) is 0.338. The van der Waals surface area contributed by atoms with Crippen LogP contribution in [0.2, 0.25) is 0 Å². The van der Waals surface area contributed by atoms with Crippen LogP contribution >= 0.6 is 0 Å². The summed E-state index contributed by atoms with van der Waals surface area (Å²) < 4.78 is 0. The number of ketones is 2. The Labute approximate surface area is 189 Å². The molecule has 0 aliphatic heterocycles. The van der Waals surface area contributed by atoms with Crippen LogP contribution in [0.1, 0.15) is 168 Å². The number of hydrogen-bond acceptors (Lipinski definition) is 2. The van der Waals surface area contributed by atoms with Crippen molar-refractivity contribution < 1.29 is 9.59 Å². The smallest absolute Gasteiger partial charge is 0.140 e. The molecule has 2 nitrogen and oxygen atoms in total. The predicted octanol–water partition coefficient (Wildman–Crippen LogP) is 9.53. The maximum atomic E-state index is 12.0. The van der Waals surface area contributed by atoms with Crippen LogP contribution in [-0.4, -0.2) is 11.6 Å². The summed E-state index contributed by atoms with van der Waals surface area (Å²) in [5.41, 5.74) is 0. The fourth-order valence-electron chi connectivity index (χ4n) is 4.19. The Morgan fingerprint density at radius 2 is 0.600 bits per heavy atom. The van der Waals surface area contributed by atoms with Gasteiger partial charge in [0.2, 0.25) is 0 Å². The molecule has 0 rings (SSSR count). The maximum absolute atomic E-state index is 12.0. The van der Waals surface area contributed by atoms with E-state index < -0.39 is 0 Å². The first kappa shape index (κ1) is 29.3. The van der Waals surface area contributed by atoms with Crippen molar-refractivity contribution in [3.63, 3.8) is 0 Å². The van der Waals surface area contributed by atoms with Crippen molar-refractivity contribution in [1.29, 1.82) is 0 Å². The van der Waals surface area contributed by atoms with Gasteiger partial charge in [-0.1, -0.05) is 136 Å². The third kappa shape index (κ3) is 23.6. The predicted molar refractivity (Wildman–Crippen MR) is 132 cm³/mol. The van der Waals surface area contributed by atoms with Crippen LogP contribution in [0.3, 0.4) is 0 Å². The second kappa shape index (κ2) is 24.6. The Hall–Kier alpha value is -0.660. The summed E-state index contributed by atoms with van der Waals surface area (Å²) in [6.45, 7) is 4.52. The number of rotatable bonds is 25. The Balaban J connectivity index is 3.31. The summed E-state index contributed by atoms with van der Waals surface area (Å²) in [5, 5.41) is 0. The van der Waals surface area contributed by atoms with Gasteiger partial charge in [-0.3, -0.25) is 9.59 Å². The minimum absolute atomic E-state index is 0.168. The van der Waals surface area contributed by atoms with E-state index in [1.807, 2.05) is 0 Å². The molecule has 0 atom stereocenters. The third-order valence-corrected chi connectivity index (χ3v) is 6.26. The van der Waals surface area contributed by atoms with Crippen LogP contribution < -0.4 is 0 Å². The first-order chi connectivity index (χ1) is 14.7. The van der Waals surface area contributed by atoms with Gasteiger partial charge in [0.15, 0.2) is 0 Å². The molecular weight excluding hydrogens is 368 g/mol. The molecule has 0 saturated carbocycles. The van der Waals surface area contributed by atoms with Crippen molar-refractivity contribution >= 4 is 11.6 Å². The van der Waals surface area contributed by atoms with Crippen LogP contribution in [0.5, 0.6) is 0 Å². The van der Waals surface area contributed by atoms with Gasteiger partial charge in [-0.25, -0.2) is 0 Å². The fourth-order valence-corrected chi connectivity index (χ4v) is 4.19. The van der Waals surface area contributed by atoms with Gasteiger partial charge in [0.25, 0.3) is 0 Å². The van der Waals surface area contributed by atoms with Crippen LogP contribution in [0.25, 0.3) is 0 Å². The first-order valence-electron chi connectivity index (χ1n) is 13.7. The molecule has 0 amide bonds. The lowest BCUT2D eigenvalue weighted by Crippen LogP contribution is -2.07. The Bertz CT molecular complexity index is 375. The molecule has 0 unspecified atom stereocenters. The van der Waals surface area contributed by atoms with Crippen molar-refractivity contribution in [2.75, 3.05) is 0 Å². The highest BCUT2D eigenvalue weighted by molar-refractivity contribution is 5.98. The Morgan fingerprint density at radius 3 is 0.867 bits per heavy atom. The molecule has 0 saturated heterocycles. The van der Waals surface area contributed by atoms with E-state index in [1.54, 1.807) is 0 Å².